The van der Waals surface area contributed by atoms with Crippen molar-refractivity contribution in [2.24, 2.45) is 0 Å². The minimum Gasteiger partial charge on any atom is -0.472 e. The number of hydrogen-bond donors (Lipinski definition) is 2. The quantitative estimate of drug-likeness (QED) is 0.776. The van der Waals surface area contributed by atoms with Crippen molar-refractivity contribution in [2.45, 2.75) is 32.8 Å². The monoisotopic (exact) mass is 252 g/mol. The average Bonchev–Trinajstić information content (AvgIpc) is 2.28. The highest BCUT2D eigenvalue weighted by atomic mass is 16.5. The summed E-state index contributed by atoms with van der Waals surface area (Å²) in [6.45, 7) is 6.32. The molecule has 0 unspecified atom stereocenters. The average molecular weight is 252 g/mol. The van der Waals surface area contributed by atoms with E-state index < -0.39 is 0 Å². The SMILES string of the molecule is CC(C)(C)Oc1ccc(C(=O)NCCCO)cn1. The van der Waals surface area contributed by atoms with E-state index in [1.165, 1.54) is 6.20 Å². The van der Waals surface area contributed by atoms with Crippen molar-refractivity contribution in [2.75, 3.05) is 13.2 Å². The summed E-state index contributed by atoms with van der Waals surface area (Å²) in [7, 11) is 0. The lowest BCUT2D eigenvalue weighted by Crippen LogP contribution is -2.26. The van der Waals surface area contributed by atoms with Gasteiger partial charge in [-0.1, -0.05) is 0 Å². The Kier molecular flexibility index (Phi) is 5.09. The van der Waals surface area contributed by atoms with Gasteiger partial charge in [-0.3, -0.25) is 4.79 Å². The van der Waals surface area contributed by atoms with Crippen molar-refractivity contribution >= 4 is 5.91 Å². The molecule has 0 aliphatic carbocycles. The van der Waals surface area contributed by atoms with Gasteiger partial charge in [0.2, 0.25) is 5.88 Å². The van der Waals surface area contributed by atoms with Crippen LogP contribution >= 0.6 is 0 Å². The maximum absolute atomic E-state index is 11.6. The molecule has 1 heterocycles. The van der Waals surface area contributed by atoms with Gasteiger partial charge in [-0.25, -0.2) is 4.98 Å². The van der Waals surface area contributed by atoms with E-state index in [1.807, 2.05) is 20.8 Å². The molecule has 0 saturated carbocycles. The third-order valence-electron chi connectivity index (χ3n) is 2.03. The molecular formula is C13H20N2O3. The Balaban J connectivity index is 2.57. The second-order valence-electron chi connectivity index (χ2n) is 4.93. The van der Waals surface area contributed by atoms with Gasteiger partial charge in [0.15, 0.2) is 0 Å². The van der Waals surface area contributed by atoms with Crippen molar-refractivity contribution in [1.82, 2.24) is 10.3 Å². The Morgan fingerprint density at radius 1 is 1.44 bits per heavy atom. The zero-order chi connectivity index (χ0) is 13.6. The summed E-state index contributed by atoms with van der Waals surface area (Å²) >= 11 is 0. The number of hydrogen-bond acceptors (Lipinski definition) is 4. The molecule has 1 amide bonds. The van der Waals surface area contributed by atoms with Crippen LogP contribution < -0.4 is 10.1 Å². The van der Waals surface area contributed by atoms with Crippen LogP contribution in [0.5, 0.6) is 5.88 Å². The van der Waals surface area contributed by atoms with Crippen molar-refractivity contribution in [3.8, 4) is 5.88 Å². The van der Waals surface area contributed by atoms with E-state index in [1.54, 1.807) is 12.1 Å². The van der Waals surface area contributed by atoms with Crippen LogP contribution in [0, 0.1) is 0 Å². The van der Waals surface area contributed by atoms with Gasteiger partial charge in [-0.2, -0.15) is 0 Å². The van der Waals surface area contributed by atoms with Crippen LogP contribution in [-0.2, 0) is 0 Å². The third-order valence-corrected chi connectivity index (χ3v) is 2.03. The number of nitrogens with zero attached hydrogens (tertiary/aromatic N) is 1. The Bertz CT molecular complexity index is 382. The number of aromatic nitrogens is 1. The van der Waals surface area contributed by atoms with Gasteiger partial charge in [0.1, 0.15) is 5.60 Å². The molecule has 100 valence electrons. The lowest BCUT2D eigenvalue weighted by molar-refractivity contribution is 0.0950. The Morgan fingerprint density at radius 2 is 2.17 bits per heavy atom. The van der Waals surface area contributed by atoms with E-state index >= 15 is 0 Å². The smallest absolute Gasteiger partial charge is 0.252 e. The normalized spacial score (nSPS) is 11.1. The van der Waals surface area contributed by atoms with E-state index in [4.69, 9.17) is 9.84 Å². The molecule has 0 aromatic carbocycles. The molecule has 1 rings (SSSR count). The van der Waals surface area contributed by atoms with Crippen molar-refractivity contribution in [1.29, 1.82) is 0 Å². The summed E-state index contributed by atoms with van der Waals surface area (Å²) in [5, 5.41) is 11.3. The second kappa shape index (κ2) is 6.35. The number of ether oxygens (including phenoxy) is 1. The van der Waals surface area contributed by atoms with Crippen LogP contribution in [0.2, 0.25) is 0 Å². The fraction of sp³-hybridized carbons (Fsp3) is 0.538. The molecule has 5 nitrogen and oxygen atoms in total. The molecule has 2 N–H and O–H groups in total. The molecule has 5 heteroatoms. The highest BCUT2D eigenvalue weighted by molar-refractivity contribution is 5.93. The summed E-state index contributed by atoms with van der Waals surface area (Å²) in [6, 6.07) is 3.34. The van der Waals surface area contributed by atoms with Crippen LogP contribution in [0.4, 0.5) is 0 Å². The topological polar surface area (TPSA) is 71.5 Å². The van der Waals surface area contributed by atoms with Gasteiger partial charge >= 0.3 is 0 Å². The first kappa shape index (κ1) is 14.4. The van der Waals surface area contributed by atoms with Gasteiger partial charge < -0.3 is 15.2 Å². The lowest BCUT2D eigenvalue weighted by atomic mass is 10.2. The molecule has 0 fully saturated rings. The number of aliphatic hydroxyl groups is 1. The Morgan fingerprint density at radius 3 is 2.67 bits per heavy atom. The molecule has 0 aliphatic rings. The Hall–Kier alpha value is -1.62. The van der Waals surface area contributed by atoms with Crippen molar-refractivity contribution < 1.29 is 14.6 Å². The van der Waals surface area contributed by atoms with E-state index in [2.05, 4.69) is 10.3 Å². The lowest BCUT2D eigenvalue weighted by Gasteiger charge is -2.20. The predicted molar refractivity (Wildman–Crippen MR) is 68.7 cm³/mol. The molecule has 0 radical (unpaired) electrons. The zero-order valence-electron chi connectivity index (χ0n) is 11.1. The van der Waals surface area contributed by atoms with Gasteiger partial charge in [-0.05, 0) is 33.3 Å². The van der Waals surface area contributed by atoms with Crippen LogP contribution in [0.3, 0.4) is 0 Å². The minimum atomic E-state index is -0.308. The molecule has 18 heavy (non-hydrogen) atoms. The highest BCUT2D eigenvalue weighted by Gasteiger charge is 2.13. The molecule has 0 aliphatic heterocycles. The van der Waals surface area contributed by atoms with Gasteiger partial charge in [0.25, 0.3) is 5.91 Å². The summed E-state index contributed by atoms with van der Waals surface area (Å²) in [5.41, 5.74) is 0.173. The van der Waals surface area contributed by atoms with Crippen LogP contribution in [0.15, 0.2) is 18.3 Å². The van der Waals surface area contributed by atoms with E-state index in [-0.39, 0.29) is 18.1 Å². The minimum absolute atomic E-state index is 0.0664. The molecule has 1 aromatic heterocycles. The van der Waals surface area contributed by atoms with Gasteiger partial charge in [0.05, 0.1) is 5.56 Å². The summed E-state index contributed by atoms with van der Waals surface area (Å²) in [6.07, 6.45) is 2.03. The molecular weight excluding hydrogens is 232 g/mol. The van der Waals surface area contributed by atoms with E-state index in [0.717, 1.165) is 0 Å². The fourth-order valence-electron chi connectivity index (χ4n) is 1.27. The summed E-state index contributed by atoms with van der Waals surface area (Å²) in [5.74, 6) is 0.299. The zero-order valence-corrected chi connectivity index (χ0v) is 11.1. The second-order valence-corrected chi connectivity index (χ2v) is 4.93. The van der Waals surface area contributed by atoms with E-state index in [9.17, 15) is 4.79 Å². The van der Waals surface area contributed by atoms with Crippen LogP contribution in [-0.4, -0.2) is 34.8 Å². The van der Waals surface area contributed by atoms with E-state index in [0.29, 0.717) is 24.4 Å². The maximum atomic E-state index is 11.6. The molecule has 0 saturated heterocycles. The first-order valence-corrected chi connectivity index (χ1v) is 5.96. The van der Waals surface area contributed by atoms with Gasteiger partial charge in [0, 0.05) is 25.4 Å². The van der Waals surface area contributed by atoms with Crippen LogP contribution in [0.1, 0.15) is 37.6 Å². The number of pyridine rings is 1. The number of aliphatic hydroxyl groups excluding tert-OH is 1. The van der Waals surface area contributed by atoms with Crippen molar-refractivity contribution in [3.63, 3.8) is 0 Å². The fourth-order valence-corrected chi connectivity index (χ4v) is 1.27. The highest BCUT2D eigenvalue weighted by Crippen LogP contribution is 2.15. The predicted octanol–water partition coefficient (Wildman–Crippen LogP) is 1.37. The summed E-state index contributed by atoms with van der Waals surface area (Å²) < 4.78 is 5.56. The number of carbonyl (C=O) groups excluding carboxylic acids is 1. The number of amides is 1. The first-order valence-electron chi connectivity index (χ1n) is 5.96. The molecule has 0 spiro atoms. The van der Waals surface area contributed by atoms with Crippen LogP contribution in [0.25, 0.3) is 0 Å². The third kappa shape index (κ3) is 5.14. The molecule has 0 atom stereocenters. The summed E-state index contributed by atoms with van der Waals surface area (Å²) in [4.78, 5) is 15.7. The number of rotatable bonds is 5. The maximum Gasteiger partial charge on any atom is 0.252 e. The standard InChI is InChI=1S/C13H20N2O3/c1-13(2,3)18-11-6-5-10(9-15-11)12(17)14-7-4-8-16/h5-6,9,16H,4,7-8H2,1-3H3,(H,14,17). The number of nitrogens with one attached hydrogen (secondary N) is 1. The molecule has 1 aromatic rings. The first-order chi connectivity index (χ1) is 8.42. The largest absolute Gasteiger partial charge is 0.472 e. The Labute approximate surface area is 107 Å². The van der Waals surface area contributed by atoms with Gasteiger partial charge in [-0.15, -0.1) is 0 Å². The number of carbonyl (C=O) groups is 1. The van der Waals surface area contributed by atoms with Crippen molar-refractivity contribution in [3.05, 3.63) is 23.9 Å². The molecule has 0 bridgehead atoms.